The summed E-state index contributed by atoms with van der Waals surface area (Å²) in [6.07, 6.45) is 1.83. The fourth-order valence-corrected chi connectivity index (χ4v) is 3.38. The Balaban J connectivity index is 2.18. The average Bonchev–Trinajstić information content (AvgIpc) is 2.81. The summed E-state index contributed by atoms with van der Waals surface area (Å²) in [5.41, 5.74) is 1.30. The molecular weight excluding hydrogens is 296 g/mol. The lowest BCUT2D eigenvalue weighted by Gasteiger charge is -2.21. The molecule has 1 heterocycles. The Morgan fingerprint density at radius 1 is 1.37 bits per heavy atom. The standard InChI is InChI=1S/C14H17ClN2S2/c1-14(2,3)17-9-10-8-11(15)4-5-12(10)19-13-16-6-7-18-13/h4-8,17H,9H2,1-3H3. The molecule has 0 atom stereocenters. The lowest BCUT2D eigenvalue weighted by Crippen LogP contribution is -2.35. The van der Waals surface area contributed by atoms with Gasteiger partial charge in [0.1, 0.15) is 0 Å². The SMILES string of the molecule is CC(C)(C)NCc1cc(Cl)ccc1Sc1nccs1. The van der Waals surface area contributed by atoms with Crippen molar-refractivity contribution in [3.63, 3.8) is 0 Å². The van der Waals surface area contributed by atoms with Gasteiger partial charge in [-0.15, -0.1) is 11.3 Å². The molecule has 5 heteroatoms. The molecule has 102 valence electrons. The lowest BCUT2D eigenvalue weighted by molar-refractivity contribution is 0.422. The van der Waals surface area contributed by atoms with Gasteiger partial charge in [0.15, 0.2) is 4.34 Å². The molecule has 19 heavy (non-hydrogen) atoms. The van der Waals surface area contributed by atoms with Crippen molar-refractivity contribution >= 4 is 34.7 Å². The second-order valence-electron chi connectivity index (χ2n) is 5.26. The van der Waals surface area contributed by atoms with Crippen LogP contribution in [-0.4, -0.2) is 10.5 Å². The second kappa shape index (κ2) is 6.27. The molecule has 0 saturated carbocycles. The molecule has 2 rings (SSSR count). The van der Waals surface area contributed by atoms with Crippen LogP contribution in [0.5, 0.6) is 0 Å². The largest absolute Gasteiger partial charge is 0.308 e. The van der Waals surface area contributed by atoms with Gasteiger partial charge >= 0.3 is 0 Å². The number of halogens is 1. The van der Waals surface area contributed by atoms with Gasteiger partial charge in [0.25, 0.3) is 0 Å². The summed E-state index contributed by atoms with van der Waals surface area (Å²) in [7, 11) is 0. The minimum absolute atomic E-state index is 0.0887. The van der Waals surface area contributed by atoms with Crippen LogP contribution in [0.25, 0.3) is 0 Å². The minimum atomic E-state index is 0.0887. The van der Waals surface area contributed by atoms with Gasteiger partial charge in [-0.25, -0.2) is 4.98 Å². The Kier molecular flexibility index (Phi) is 4.90. The normalized spacial score (nSPS) is 11.8. The molecule has 2 nitrogen and oxygen atoms in total. The van der Waals surface area contributed by atoms with Gasteiger partial charge in [0, 0.05) is 33.6 Å². The number of hydrogen-bond acceptors (Lipinski definition) is 4. The molecule has 0 amide bonds. The van der Waals surface area contributed by atoms with E-state index >= 15 is 0 Å². The van der Waals surface area contributed by atoms with Crippen LogP contribution >= 0.6 is 34.7 Å². The van der Waals surface area contributed by atoms with E-state index in [1.165, 1.54) is 10.5 Å². The number of hydrogen-bond donors (Lipinski definition) is 1. The highest BCUT2D eigenvalue weighted by Crippen LogP contribution is 2.33. The second-order valence-corrected chi connectivity index (χ2v) is 7.88. The van der Waals surface area contributed by atoms with E-state index in [2.05, 4.69) is 37.1 Å². The van der Waals surface area contributed by atoms with Gasteiger partial charge < -0.3 is 5.32 Å². The highest BCUT2D eigenvalue weighted by molar-refractivity contribution is 8.01. The maximum absolute atomic E-state index is 6.10. The predicted molar refractivity (Wildman–Crippen MR) is 84.3 cm³/mol. The number of thiazole rings is 1. The minimum Gasteiger partial charge on any atom is -0.308 e. The van der Waals surface area contributed by atoms with Crippen molar-refractivity contribution in [2.45, 2.75) is 42.1 Å². The predicted octanol–water partition coefficient (Wildman–Crippen LogP) is 4.84. The Morgan fingerprint density at radius 3 is 2.79 bits per heavy atom. The van der Waals surface area contributed by atoms with E-state index in [1.54, 1.807) is 23.1 Å². The van der Waals surface area contributed by atoms with Crippen molar-refractivity contribution in [3.05, 3.63) is 40.4 Å². The van der Waals surface area contributed by atoms with Crippen LogP contribution in [0.15, 0.2) is 39.0 Å². The molecule has 1 aromatic heterocycles. The molecule has 0 aliphatic heterocycles. The Hall–Kier alpha value is -0.550. The van der Waals surface area contributed by atoms with Crippen molar-refractivity contribution in [1.29, 1.82) is 0 Å². The number of aromatic nitrogens is 1. The molecular formula is C14H17ClN2S2. The Labute approximate surface area is 127 Å². The highest BCUT2D eigenvalue weighted by Gasteiger charge is 2.12. The zero-order valence-electron chi connectivity index (χ0n) is 11.2. The zero-order chi connectivity index (χ0) is 13.9. The third kappa shape index (κ3) is 4.80. The molecule has 0 aliphatic carbocycles. The number of benzene rings is 1. The zero-order valence-corrected chi connectivity index (χ0v) is 13.6. The molecule has 0 saturated heterocycles. The van der Waals surface area contributed by atoms with Gasteiger partial charge in [-0.3, -0.25) is 0 Å². The Morgan fingerprint density at radius 2 is 2.16 bits per heavy atom. The van der Waals surface area contributed by atoms with Crippen LogP contribution in [-0.2, 0) is 6.54 Å². The molecule has 0 radical (unpaired) electrons. The van der Waals surface area contributed by atoms with Gasteiger partial charge in [-0.05, 0) is 44.5 Å². The summed E-state index contributed by atoms with van der Waals surface area (Å²) in [5.74, 6) is 0. The highest BCUT2D eigenvalue weighted by atomic mass is 35.5. The van der Waals surface area contributed by atoms with Gasteiger partial charge in [-0.1, -0.05) is 23.4 Å². The van der Waals surface area contributed by atoms with Gasteiger partial charge in [0.2, 0.25) is 0 Å². The smallest absolute Gasteiger partial charge is 0.154 e. The summed E-state index contributed by atoms with van der Waals surface area (Å²) in [6, 6.07) is 6.02. The van der Waals surface area contributed by atoms with Crippen LogP contribution in [0.4, 0.5) is 0 Å². The van der Waals surface area contributed by atoms with Crippen LogP contribution in [0.3, 0.4) is 0 Å². The maximum Gasteiger partial charge on any atom is 0.154 e. The monoisotopic (exact) mass is 312 g/mol. The molecule has 0 unspecified atom stereocenters. The van der Waals surface area contributed by atoms with Crippen LogP contribution < -0.4 is 5.32 Å². The fourth-order valence-electron chi connectivity index (χ4n) is 1.50. The lowest BCUT2D eigenvalue weighted by atomic mass is 10.1. The van der Waals surface area contributed by atoms with Crippen molar-refractivity contribution in [2.75, 3.05) is 0 Å². The first kappa shape index (κ1) is 14.9. The first-order valence-corrected chi connectivity index (χ1v) is 8.12. The van der Waals surface area contributed by atoms with E-state index in [0.717, 1.165) is 15.9 Å². The van der Waals surface area contributed by atoms with E-state index in [4.69, 9.17) is 11.6 Å². The maximum atomic E-state index is 6.10. The summed E-state index contributed by atoms with van der Waals surface area (Å²) >= 11 is 9.44. The summed E-state index contributed by atoms with van der Waals surface area (Å²) in [5, 5.41) is 6.26. The van der Waals surface area contributed by atoms with Crippen LogP contribution in [0.1, 0.15) is 26.3 Å². The first-order chi connectivity index (χ1) is 8.94. The number of nitrogens with zero attached hydrogens (tertiary/aromatic N) is 1. The van der Waals surface area contributed by atoms with E-state index < -0.39 is 0 Å². The third-order valence-electron chi connectivity index (χ3n) is 2.44. The molecule has 0 aliphatic rings. The van der Waals surface area contributed by atoms with Crippen LogP contribution in [0, 0.1) is 0 Å². The molecule has 0 bridgehead atoms. The molecule has 1 N–H and O–H groups in total. The average molecular weight is 313 g/mol. The van der Waals surface area contributed by atoms with Crippen molar-refractivity contribution < 1.29 is 0 Å². The fraction of sp³-hybridized carbons (Fsp3) is 0.357. The van der Waals surface area contributed by atoms with Crippen LogP contribution in [0.2, 0.25) is 5.02 Å². The van der Waals surface area contributed by atoms with Gasteiger partial charge in [0.05, 0.1) is 0 Å². The molecule has 0 fully saturated rings. The van der Waals surface area contributed by atoms with E-state index in [1.807, 2.05) is 23.7 Å². The first-order valence-electron chi connectivity index (χ1n) is 6.05. The molecule has 2 aromatic rings. The van der Waals surface area contributed by atoms with E-state index in [9.17, 15) is 0 Å². The summed E-state index contributed by atoms with van der Waals surface area (Å²) in [4.78, 5) is 5.52. The van der Waals surface area contributed by atoms with E-state index in [-0.39, 0.29) is 5.54 Å². The summed E-state index contributed by atoms with van der Waals surface area (Å²) < 4.78 is 1.05. The quantitative estimate of drug-likeness (QED) is 0.874. The van der Waals surface area contributed by atoms with Gasteiger partial charge in [-0.2, -0.15) is 0 Å². The topological polar surface area (TPSA) is 24.9 Å². The Bertz CT molecular complexity index is 533. The number of rotatable bonds is 4. The van der Waals surface area contributed by atoms with Crippen molar-refractivity contribution in [3.8, 4) is 0 Å². The molecule has 1 aromatic carbocycles. The number of nitrogens with one attached hydrogen (secondary N) is 1. The molecule has 0 spiro atoms. The third-order valence-corrected chi connectivity index (χ3v) is 4.68. The van der Waals surface area contributed by atoms with Crippen molar-refractivity contribution in [1.82, 2.24) is 10.3 Å². The summed E-state index contributed by atoms with van der Waals surface area (Å²) in [6.45, 7) is 7.28. The van der Waals surface area contributed by atoms with E-state index in [0.29, 0.717) is 0 Å². The van der Waals surface area contributed by atoms with Crippen molar-refractivity contribution in [2.24, 2.45) is 0 Å².